The van der Waals surface area contributed by atoms with Crippen LogP contribution in [-0.2, 0) is 6.54 Å². The maximum absolute atomic E-state index is 14.3. The Kier molecular flexibility index (Phi) is 3.54. The molecule has 8 nitrogen and oxygen atoms in total. The molecule has 3 rings (SSSR count). The van der Waals surface area contributed by atoms with Gasteiger partial charge in [-0.05, 0) is 18.3 Å². The Hall–Kier alpha value is -2.58. The Morgan fingerprint density at radius 2 is 2.08 bits per heavy atom. The number of amides is 1. The van der Waals surface area contributed by atoms with Crippen LogP contribution < -0.4 is 16.6 Å². The first kappa shape index (κ1) is 16.3. The first-order valence-corrected chi connectivity index (χ1v) is 7.70. The van der Waals surface area contributed by atoms with E-state index in [2.05, 4.69) is 10.4 Å². The topological polar surface area (TPSA) is 115 Å². The lowest BCUT2D eigenvalue weighted by atomic mass is 9.96. The van der Waals surface area contributed by atoms with Gasteiger partial charge in [-0.3, -0.25) is 14.2 Å². The molecule has 1 saturated carbocycles. The maximum atomic E-state index is 14.3. The van der Waals surface area contributed by atoms with Crippen molar-refractivity contribution < 1.29 is 14.3 Å². The molecule has 0 bridgehead atoms. The predicted molar refractivity (Wildman–Crippen MR) is 85.4 cm³/mol. The molecule has 4 N–H and O–H groups in total. The van der Waals surface area contributed by atoms with E-state index in [-0.39, 0.29) is 23.6 Å². The molecule has 0 spiro atoms. The summed E-state index contributed by atoms with van der Waals surface area (Å²) in [6.07, 6.45) is 1.66. The zero-order valence-corrected chi connectivity index (χ0v) is 13.8. The number of nitrogens with zero attached hydrogens (tertiary/aromatic N) is 3. The lowest BCUT2D eigenvalue weighted by Gasteiger charge is -2.23. The van der Waals surface area contributed by atoms with Crippen LogP contribution in [0.1, 0.15) is 44.0 Å². The first-order valence-electron chi connectivity index (χ1n) is 7.70. The van der Waals surface area contributed by atoms with Crippen molar-refractivity contribution in [1.29, 1.82) is 0 Å². The number of hydrogen-bond donors (Lipinski definition) is 3. The lowest BCUT2D eigenvalue weighted by Crippen LogP contribution is -2.35. The summed E-state index contributed by atoms with van der Waals surface area (Å²) in [5, 5.41) is 16.8. The minimum Gasteiger partial charge on any atom is -0.494 e. The van der Waals surface area contributed by atoms with E-state index in [1.807, 2.05) is 20.8 Å². The summed E-state index contributed by atoms with van der Waals surface area (Å²) in [6, 6.07) is 0.00231. The third kappa shape index (κ3) is 2.70. The second-order valence-electron chi connectivity index (χ2n) is 7.33. The van der Waals surface area contributed by atoms with Crippen LogP contribution in [0.2, 0.25) is 0 Å². The Balaban J connectivity index is 2.28. The second kappa shape index (κ2) is 5.22. The predicted octanol–water partition coefficient (Wildman–Crippen LogP) is 0.861. The molecular formula is C15H20FN5O3. The smallest absolute Gasteiger partial charge is 0.291 e. The van der Waals surface area contributed by atoms with Gasteiger partial charge in [-0.15, -0.1) is 5.10 Å². The van der Waals surface area contributed by atoms with E-state index in [9.17, 15) is 19.1 Å². The maximum Gasteiger partial charge on any atom is 0.291 e. The fourth-order valence-electron chi connectivity index (χ4n) is 2.53. The highest BCUT2D eigenvalue weighted by Gasteiger charge is 2.31. The Labute approximate surface area is 137 Å². The van der Waals surface area contributed by atoms with Crippen LogP contribution in [0.4, 0.5) is 10.2 Å². The summed E-state index contributed by atoms with van der Waals surface area (Å²) in [4.78, 5) is 24.9. The molecule has 0 unspecified atom stereocenters. The van der Waals surface area contributed by atoms with Crippen LogP contribution in [0.5, 0.6) is 5.88 Å². The highest BCUT2D eigenvalue weighted by molar-refractivity contribution is 5.96. The van der Waals surface area contributed by atoms with E-state index in [1.54, 1.807) is 0 Å². The van der Waals surface area contributed by atoms with Gasteiger partial charge in [-0.1, -0.05) is 20.8 Å². The summed E-state index contributed by atoms with van der Waals surface area (Å²) in [6.45, 7) is 5.79. The number of nitrogens with two attached hydrogens (primary N) is 1. The second-order valence-corrected chi connectivity index (χ2v) is 7.33. The molecular weight excluding hydrogens is 317 g/mol. The third-order valence-corrected chi connectivity index (χ3v) is 3.74. The van der Waals surface area contributed by atoms with E-state index in [0.29, 0.717) is 0 Å². The zero-order valence-electron chi connectivity index (χ0n) is 13.8. The number of halogens is 1. The van der Waals surface area contributed by atoms with E-state index < -0.39 is 34.5 Å². The molecule has 1 aliphatic rings. The summed E-state index contributed by atoms with van der Waals surface area (Å²) < 4.78 is 16.2. The number of hydrogen-bond acceptors (Lipinski definition) is 5. The molecule has 9 heteroatoms. The van der Waals surface area contributed by atoms with Crippen molar-refractivity contribution in [3.8, 4) is 5.88 Å². The van der Waals surface area contributed by atoms with Gasteiger partial charge in [0.25, 0.3) is 11.5 Å². The van der Waals surface area contributed by atoms with Gasteiger partial charge in [-0.2, -0.15) is 8.91 Å². The standard InChI is InChI=1S/C15H20FN5O3/c1-15(2,3)6-20-12-9(16)10(17)19-21(12)14(24)8(13(20)23)11(22)18-7-4-5-7/h7,23H,4-6H2,1-3H3,(H2,17,19)(H,18,22). The number of nitrogen functional groups attached to an aromatic ring is 1. The molecule has 0 aliphatic heterocycles. The Morgan fingerprint density at radius 1 is 1.46 bits per heavy atom. The first-order chi connectivity index (χ1) is 11.1. The van der Waals surface area contributed by atoms with Gasteiger partial charge < -0.3 is 16.2 Å². The van der Waals surface area contributed by atoms with Gasteiger partial charge in [0.05, 0.1) is 0 Å². The van der Waals surface area contributed by atoms with E-state index >= 15 is 0 Å². The highest BCUT2D eigenvalue weighted by Crippen LogP contribution is 2.27. The molecule has 2 heterocycles. The monoisotopic (exact) mass is 337 g/mol. The third-order valence-electron chi connectivity index (χ3n) is 3.74. The molecule has 1 fully saturated rings. The number of carbonyl (C=O) groups is 1. The van der Waals surface area contributed by atoms with Gasteiger partial charge in [0, 0.05) is 12.6 Å². The van der Waals surface area contributed by atoms with Crippen molar-refractivity contribution in [2.75, 3.05) is 5.73 Å². The number of nitrogens with one attached hydrogen (secondary N) is 1. The van der Waals surface area contributed by atoms with Crippen LogP contribution in [0.25, 0.3) is 5.65 Å². The molecule has 1 aliphatic carbocycles. The van der Waals surface area contributed by atoms with Crippen molar-refractivity contribution in [2.24, 2.45) is 5.41 Å². The van der Waals surface area contributed by atoms with Crippen molar-refractivity contribution in [3.63, 3.8) is 0 Å². The molecule has 2 aromatic heterocycles. The summed E-state index contributed by atoms with van der Waals surface area (Å²) >= 11 is 0. The van der Waals surface area contributed by atoms with E-state index in [1.165, 1.54) is 4.57 Å². The minimum atomic E-state index is -0.902. The molecule has 2 aromatic rings. The van der Waals surface area contributed by atoms with Gasteiger partial charge in [0.15, 0.2) is 17.0 Å². The zero-order chi connectivity index (χ0) is 17.8. The van der Waals surface area contributed by atoms with Gasteiger partial charge in [0.2, 0.25) is 11.7 Å². The Morgan fingerprint density at radius 3 is 2.62 bits per heavy atom. The van der Waals surface area contributed by atoms with Gasteiger partial charge >= 0.3 is 0 Å². The average Bonchev–Trinajstić information content (AvgIpc) is 3.20. The number of anilines is 1. The lowest BCUT2D eigenvalue weighted by molar-refractivity contribution is 0.0944. The van der Waals surface area contributed by atoms with Crippen LogP contribution >= 0.6 is 0 Å². The molecule has 24 heavy (non-hydrogen) atoms. The fraction of sp³-hybridized carbons (Fsp3) is 0.533. The molecule has 0 saturated heterocycles. The molecule has 0 atom stereocenters. The molecule has 1 amide bonds. The summed E-state index contributed by atoms with van der Waals surface area (Å²) in [7, 11) is 0. The van der Waals surface area contributed by atoms with Crippen molar-refractivity contribution in [1.82, 2.24) is 19.5 Å². The van der Waals surface area contributed by atoms with E-state index in [0.717, 1.165) is 17.4 Å². The van der Waals surface area contributed by atoms with Crippen LogP contribution in [0, 0.1) is 11.2 Å². The minimum absolute atomic E-state index is 0.00231. The summed E-state index contributed by atoms with van der Waals surface area (Å²) in [5.41, 5.74) is 3.51. The Bertz CT molecular complexity index is 889. The normalized spacial score (nSPS) is 15.0. The average molecular weight is 337 g/mol. The number of fused-ring (bicyclic) bond motifs is 1. The van der Waals surface area contributed by atoms with Crippen molar-refractivity contribution >= 4 is 17.4 Å². The van der Waals surface area contributed by atoms with Crippen LogP contribution in [0.15, 0.2) is 4.79 Å². The van der Waals surface area contributed by atoms with Crippen molar-refractivity contribution in [2.45, 2.75) is 46.2 Å². The fourth-order valence-corrected chi connectivity index (χ4v) is 2.53. The highest BCUT2D eigenvalue weighted by atomic mass is 19.1. The molecule has 0 radical (unpaired) electrons. The SMILES string of the molecule is CC(C)(C)Cn1c(O)c(C(=O)NC2CC2)c(=O)n2nc(N)c(F)c12. The summed E-state index contributed by atoms with van der Waals surface area (Å²) in [5.74, 6) is -2.65. The van der Waals surface area contributed by atoms with Gasteiger partial charge in [-0.25, -0.2) is 0 Å². The van der Waals surface area contributed by atoms with Crippen LogP contribution in [-0.4, -0.2) is 31.2 Å². The number of aromatic nitrogens is 3. The molecule has 130 valence electrons. The van der Waals surface area contributed by atoms with Crippen molar-refractivity contribution in [3.05, 3.63) is 21.7 Å². The van der Waals surface area contributed by atoms with Crippen LogP contribution in [0.3, 0.4) is 0 Å². The number of aromatic hydroxyl groups is 1. The molecule has 0 aromatic carbocycles. The number of carbonyl (C=O) groups excluding carboxylic acids is 1. The largest absolute Gasteiger partial charge is 0.494 e. The number of rotatable bonds is 3. The quantitative estimate of drug-likeness (QED) is 0.768. The van der Waals surface area contributed by atoms with E-state index in [4.69, 9.17) is 5.73 Å². The van der Waals surface area contributed by atoms with Gasteiger partial charge in [0.1, 0.15) is 0 Å².